The zero-order valence-corrected chi connectivity index (χ0v) is 15.6. The van der Waals surface area contributed by atoms with Crippen LogP contribution < -0.4 is 11.1 Å². The van der Waals surface area contributed by atoms with E-state index >= 15 is 0 Å². The van der Waals surface area contributed by atoms with Crippen LogP contribution in [0, 0.1) is 0 Å². The van der Waals surface area contributed by atoms with E-state index in [0.717, 1.165) is 47.2 Å². The predicted octanol–water partition coefficient (Wildman–Crippen LogP) is 3.92. The van der Waals surface area contributed by atoms with Gasteiger partial charge in [0, 0.05) is 47.2 Å². The van der Waals surface area contributed by atoms with Gasteiger partial charge in [0.2, 0.25) is 0 Å². The number of pyridine rings is 1. The van der Waals surface area contributed by atoms with Gasteiger partial charge in [-0.1, -0.05) is 31.4 Å². The Morgan fingerprint density at radius 2 is 2.12 bits per heavy atom. The average Bonchev–Trinajstić information content (AvgIpc) is 3.06. The van der Waals surface area contributed by atoms with Crippen LogP contribution in [0.1, 0.15) is 38.2 Å². The van der Waals surface area contributed by atoms with E-state index in [2.05, 4.69) is 27.2 Å². The molecule has 2 unspecified atom stereocenters. The minimum absolute atomic E-state index is 0.169. The molecular formula is C19H23ClN6. The molecule has 136 valence electrons. The molecule has 0 amide bonds. The molecule has 1 fully saturated rings. The third-order valence-electron chi connectivity index (χ3n) is 5.13. The molecule has 6 nitrogen and oxygen atoms in total. The fourth-order valence-electron chi connectivity index (χ4n) is 3.60. The molecule has 26 heavy (non-hydrogen) atoms. The van der Waals surface area contributed by atoms with Gasteiger partial charge in [0.1, 0.15) is 11.5 Å². The summed E-state index contributed by atoms with van der Waals surface area (Å²) in [6.07, 6.45) is 10.8. The predicted molar refractivity (Wildman–Crippen MR) is 105 cm³/mol. The van der Waals surface area contributed by atoms with E-state index in [4.69, 9.17) is 22.3 Å². The Bertz CT molecular complexity index is 922. The van der Waals surface area contributed by atoms with Crippen LogP contribution in [0.3, 0.4) is 0 Å². The number of nitrogens with one attached hydrogen (secondary N) is 2. The van der Waals surface area contributed by atoms with Gasteiger partial charge in [-0.3, -0.25) is 0 Å². The first-order valence-corrected chi connectivity index (χ1v) is 9.54. The van der Waals surface area contributed by atoms with Crippen LogP contribution in [0.2, 0.25) is 5.02 Å². The fourth-order valence-corrected chi connectivity index (χ4v) is 3.76. The molecule has 1 aliphatic carbocycles. The van der Waals surface area contributed by atoms with Crippen LogP contribution in [-0.4, -0.2) is 32.0 Å². The molecule has 2 atom stereocenters. The molecule has 4 N–H and O–H groups in total. The topological polar surface area (TPSA) is 92.5 Å². The molecule has 1 aliphatic rings. The van der Waals surface area contributed by atoms with Gasteiger partial charge in [0.25, 0.3) is 0 Å². The second-order valence-corrected chi connectivity index (χ2v) is 7.31. The Morgan fingerprint density at radius 1 is 1.27 bits per heavy atom. The average molecular weight is 371 g/mol. The fraction of sp³-hybridized carbons (Fsp3) is 0.421. The van der Waals surface area contributed by atoms with Crippen LogP contribution in [0.5, 0.6) is 0 Å². The van der Waals surface area contributed by atoms with Crippen molar-refractivity contribution in [1.82, 2.24) is 19.9 Å². The van der Waals surface area contributed by atoms with Crippen LogP contribution in [0.4, 0.5) is 5.82 Å². The summed E-state index contributed by atoms with van der Waals surface area (Å²) >= 11 is 6.12. The summed E-state index contributed by atoms with van der Waals surface area (Å²) in [5, 5.41) is 5.10. The summed E-state index contributed by atoms with van der Waals surface area (Å²) in [5.41, 5.74) is 9.08. The summed E-state index contributed by atoms with van der Waals surface area (Å²) in [6.45, 7) is 2.11. The number of anilines is 1. The van der Waals surface area contributed by atoms with E-state index in [1.54, 1.807) is 6.20 Å². The van der Waals surface area contributed by atoms with E-state index in [9.17, 15) is 0 Å². The first kappa shape index (κ1) is 17.2. The van der Waals surface area contributed by atoms with Crippen LogP contribution in [-0.2, 0) is 6.42 Å². The minimum atomic E-state index is 0.169. The highest BCUT2D eigenvalue weighted by Gasteiger charge is 2.23. The Kier molecular flexibility index (Phi) is 4.78. The van der Waals surface area contributed by atoms with Gasteiger partial charge >= 0.3 is 0 Å². The first-order chi connectivity index (χ1) is 12.7. The number of rotatable bonds is 4. The number of aryl methyl sites for hydroxylation is 1. The zero-order valence-electron chi connectivity index (χ0n) is 14.8. The molecule has 1 saturated carbocycles. The second-order valence-electron chi connectivity index (χ2n) is 6.87. The van der Waals surface area contributed by atoms with Crippen molar-refractivity contribution >= 4 is 28.5 Å². The molecule has 0 saturated heterocycles. The number of H-pyrrole nitrogens is 1. The quantitative estimate of drug-likeness (QED) is 0.647. The van der Waals surface area contributed by atoms with Crippen LogP contribution in [0.15, 0.2) is 24.7 Å². The van der Waals surface area contributed by atoms with Crippen molar-refractivity contribution in [3.05, 3.63) is 35.2 Å². The number of halogens is 1. The van der Waals surface area contributed by atoms with Crippen molar-refractivity contribution in [3.8, 4) is 11.4 Å². The minimum Gasteiger partial charge on any atom is -0.365 e. The number of nitrogens with two attached hydrogens (primary N) is 1. The van der Waals surface area contributed by atoms with Gasteiger partial charge < -0.3 is 16.0 Å². The van der Waals surface area contributed by atoms with Crippen molar-refractivity contribution in [2.45, 2.75) is 51.1 Å². The van der Waals surface area contributed by atoms with Gasteiger partial charge in [-0.15, -0.1) is 0 Å². The maximum atomic E-state index is 6.31. The Balaban J connectivity index is 1.72. The van der Waals surface area contributed by atoms with E-state index in [1.165, 1.54) is 12.8 Å². The summed E-state index contributed by atoms with van der Waals surface area (Å²) < 4.78 is 0. The van der Waals surface area contributed by atoms with Crippen LogP contribution in [0.25, 0.3) is 22.4 Å². The third kappa shape index (κ3) is 3.27. The molecule has 0 aromatic carbocycles. The number of nitrogens with zero attached hydrogens (tertiary/aromatic N) is 3. The lowest BCUT2D eigenvalue weighted by atomic mass is 9.91. The summed E-state index contributed by atoms with van der Waals surface area (Å²) in [7, 11) is 0. The third-order valence-corrected chi connectivity index (χ3v) is 5.33. The number of fused-ring (bicyclic) bond motifs is 1. The maximum absolute atomic E-state index is 6.31. The lowest BCUT2D eigenvalue weighted by Gasteiger charge is -2.30. The summed E-state index contributed by atoms with van der Waals surface area (Å²) in [4.78, 5) is 16.9. The van der Waals surface area contributed by atoms with Crippen molar-refractivity contribution in [2.75, 3.05) is 5.32 Å². The SMILES string of the molecule is CCc1cnc(-c2c[nH]c3ncc(Cl)cc23)nc1NC1CCCCC1N. The lowest BCUT2D eigenvalue weighted by molar-refractivity contribution is 0.403. The molecule has 0 spiro atoms. The van der Waals surface area contributed by atoms with E-state index in [-0.39, 0.29) is 12.1 Å². The summed E-state index contributed by atoms with van der Waals surface area (Å²) in [6, 6.07) is 2.32. The molecular weight excluding hydrogens is 348 g/mol. The molecule has 3 aromatic heterocycles. The number of aromatic nitrogens is 4. The Labute approximate surface area is 157 Å². The van der Waals surface area contributed by atoms with Gasteiger partial charge in [-0.05, 0) is 25.3 Å². The smallest absolute Gasteiger partial charge is 0.163 e. The number of aromatic amines is 1. The maximum Gasteiger partial charge on any atom is 0.163 e. The first-order valence-electron chi connectivity index (χ1n) is 9.16. The monoisotopic (exact) mass is 370 g/mol. The molecule has 3 aromatic rings. The highest BCUT2D eigenvalue weighted by molar-refractivity contribution is 6.31. The molecule has 0 bridgehead atoms. The highest BCUT2D eigenvalue weighted by Crippen LogP contribution is 2.29. The van der Waals surface area contributed by atoms with Crippen molar-refractivity contribution in [3.63, 3.8) is 0 Å². The molecule has 3 heterocycles. The summed E-state index contributed by atoms with van der Waals surface area (Å²) in [5.74, 6) is 1.54. The van der Waals surface area contributed by atoms with Gasteiger partial charge in [-0.2, -0.15) is 0 Å². The lowest BCUT2D eigenvalue weighted by Crippen LogP contribution is -2.43. The highest BCUT2D eigenvalue weighted by atomic mass is 35.5. The van der Waals surface area contributed by atoms with E-state index in [0.29, 0.717) is 10.8 Å². The number of hydrogen-bond donors (Lipinski definition) is 3. The van der Waals surface area contributed by atoms with Gasteiger partial charge in [-0.25, -0.2) is 15.0 Å². The standard InChI is InChI=1S/C19H23ClN6/c1-2-11-8-22-19(14-10-24-18-13(14)7-12(20)9-23-18)26-17(11)25-16-6-4-3-5-15(16)21/h7-10,15-16H,2-6,21H2,1H3,(H,23,24)(H,22,25,26). The second kappa shape index (κ2) is 7.21. The van der Waals surface area contributed by atoms with E-state index < -0.39 is 0 Å². The molecule has 0 aliphatic heterocycles. The van der Waals surface area contributed by atoms with E-state index in [1.807, 2.05) is 18.5 Å². The normalized spacial score (nSPS) is 20.4. The largest absolute Gasteiger partial charge is 0.365 e. The zero-order chi connectivity index (χ0) is 18.1. The number of hydrogen-bond acceptors (Lipinski definition) is 5. The molecule has 7 heteroatoms. The van der Waals surface area contributed by atoms with Crippen molar-refractivity contribution < 1.29 is 0 Å². The molecule has 0 radical (unpaired) electrons. The molecule has 4 rings (SSSR count). The van der Waals surface area contributed by atoms with Gasteiger partial charge in [0.15, 0.2) is 5.82 Å². The van der Waals surface area contributed by atoms with Crippen LogP contribution >= 0.6 is 11.6 Å². The van der Waals surface area contributed by atoms with Crippen molar-refractivity contribution in [1.29, 1.82) is 0 Å². The Morgan fingerprint density at radius 3 is 2.92 bits per heavy atom. The van der Waals surface area contributed by atoms with Gasteiger partial charge in [0.05, 0.1) is 5.02 Å². The Hall–Kier alpha value is -2.18. The van der Waals surface area contributed by atoms with Crippen molar-refractivity contribution in [2.24, 2.45) is 5.73 Å².